The summed E-state index contributed by atoms with van der Waals surface area (Å²) in [4.78, 5) is 23.0. The molecule has 0 atom stereocenters. The van der Waals surface area contributed by atoms with Gasteiger partial charge in [0.05, 0.1) is 0 Å². The van der Waals surface area contributed by atoms with Gasteiger partial charge in [-0.25, -0.2) is 9.18 Å². The van der Waals surface area contributed by atoms with Gasteiger partial charge in [0.25, 0.3) is 5.56 Å². The first-order valence-electron chi connectivity index (χ1n) is 7.22. The van der Waals surface area contributed by atoms with Crippen molar-refractivity contribution >= 4 is 5.97 Å². The Morgan fingerprint density at radius 2 is 1.55 bits per heavy atom. The molecule has 1 N–H and O–H groups in total. The van der Waals surface area contributed by atoms with Crippen molar-refractivity contribution < 1.29 is 14.3 Å². The van der Waals surface area contributed by atoms with Crippen molar-refractivity contribution in [3.8, 4) is 5.69 Å². The second kappa shape index (κ2) is 9.50. The Morgan fingerprint density at radius 3 is 2.00 bits per heavy atom. The van der Waals surface area contributed by atoms with E-state index in [1.807, 2.05) is 27.7 Å². The van der Waals surface area contributed by atoms with E-state index in [0.29, 0.717) is 11.3 Å². The lowest BCUT2D eigenvalue weighted by Crippen LogP contribution is -2.26. The number of aromatic carboxylic acids is 1. The molecule has 0 aliphatic heterocycles. The van der Waals surface area contributed by atoms with E-state index in [1.165, 1.54) is 41.1 Å². The van der Waals surface area contributed by atoms with E-state index in [0.717, 1.165) is 0 Å². The van der Waals surface area contributed by atoms with Crippen LogP contribution < -0.4 is 5.56 Å². The van der Waals surface area contributed by atoms with E-state index in [2.05, 4.69) is 0 Å². The van der Waals surface area contributed by atoms with Gasteiger partial charge in [-0.3, -0.25) is 9.36 Å². The number of carboxylic acids is 1. The Morgan fingerprint density at radius 1 is 1.05 bits per heavy atom. The Balaban J connectivity index is 0.00000102. The third kappa shape index (κ3) is 4.55. The number of nitrogens with zero attached hydrogens (tertiary/aromatic N) is 1. The summed E-state index contributed by atoms with van der Waals surface area (Å²) >= 11 is 0. The highest BCUT2D eigenvalue weighted by atomic mass is 19.1. The molecular formula is C17H22FNO3. The zero-order valence-corrected chi connectivity index (χ0v) is 13.6. The van der Waals surface area contributed by atoms with Crippen LogP contribution in [0.1, 0.15) is 43.6 Å². The molecule has 0 fully saturated rings. The van der Waals surface area contributed by atoms with Gasteiger partial charge in [-0.05, 0) is 42.8 Å². The van der Waals surface area contributed by atoms with Gasteiger partial charge in [0.15, 0.2) is 0 Å². The monoisotopic (exact) mass is 307 g/mol. The number of pyridine rings is 1. The SMILES string of the molecule is CC.CC.Cc1ccn(-c2ccc(F)cc2)c(=O)c1C(=O)O. The van der Waals surface area contributed by atoms with Crippen LogP contribution in [0.3, 0.4) is 0 Å². The number of aromatic nitrogens is 1. The highest BCUT2D eigenvalue weighted by molar-refractivity contribution is 5.88. The van der Waals surface area contributed by atoms with Crippen molar-refractivity contribution in [3.63, 3.8) is 0 Å². The second-order valence-corrected chi connectivity index (χ2v) is 3.83. The minimum Gasteiger partial charge on any atom is -0.477 e. The molecule has 22 heavy (non-hydrogen) atoms. The molecule has 0 saturated heterocycles. The normalized spacial score (nSPS) is 9.00. The van der Waals surface area contributed by atoms with E-state index in [1.54, 1.807) is 6.92 Å². The average Bonchev–Trinajstić information content (AvgIpc) is 2.52. The maximum absolute atomic E-state index is 12.8. The number of carbonyl (C=O) groups is 1. The molecule has 0 amide bonds. The van der Waals surface area contributed by atoms with Crippen LogP contribution in [-0.2, 0) is 0 Å². The van der Waals surface area contributed by atoms with Crippen molar-refractivity contribution in [3.05, 3.63) is 63.8 Å². The lowest BCUT2D eigenvalue weighted by atomic mass is 10.1. The molecule has 0 spiro atoms. The van der Waals surface area contributed by atoms with Crippen LogP contribution in [0.2, 0.25) is 0 Å². The van der Waals surface area contributed by atoms with E-state index >= 15 is 0 Å². The number of hydrogen-bond donors (Lipinski definition) is 1. The summed E-state index contributed by atoms with van der Waals surface area (Å²) in [6.45, 7) is 9.56. The van der Waals surface area contributed by atoms with Gasteiger partial charge < -0.3 is 5.11 Å². The predicted octanol–water partition coefficient (Wildman–Crippen LogP) is 4.04. The van der Waals surface area contributed by atoms with Gasteiger partial charge in [0.2, 0.25) is 0 Å². The van der Waals surface area contributed by atoms with E-state index in [9.17, 15) is 14.0 Å². The van der Waals surface area contributed by atoms with Crippen LogP contribution in [0.15, 0.2) is 41.3 Å². The molecule has 0 aliphatic rings. The van der Waals surface area contributed by atoms with Gasteiger partial charge >= 0.3 is 5.97 Å². The zero-order chi connectivity index (χ0) is 17.3. The van der Waals surface area contributed by atoms with Crippen LogP contribution in [-0.4, -0.2) is 15.6 Å². The molecule has 120 valence electrons. The quantitative estimate of drug-likeness (QED) is 0.911. The molecule has 4 nitrogen and oxygen atoms in total. The van der Waals surface area contributed by atoms with Crippen molar-refractivity contribution in [1.29, 1.82) is 0 Å². The molecule has 1 aromatic heterocycles. The molecule has 0 aliphatic carbocycles. The standard InChI is InChI=1S/C13H10FNO3.2C2H6/c1-8-6-7-15(12(16)11(8)13(17)18)10-4-2-9(14)3-5-10;2*1-2/h2-7H,1H3,(H,17,18);2*1-2H3. The molecule has 0 bridgehead atoms. The Hall–Kier alpha value is -2.43. The molecule has 1 aromatic carbocycles. The van der Waals surface area contributed by atoms with Crippen LogP contribution in [0.25, 0.3) is 5.69 Å². The van der Waals surface area contributed by atoms with Crippen molar-refractivity contribution in [2.45, 2.75) is 34.6 Å². The highest BCUT2D eigenvalue weighted by Crippen LogP contribution is 2.09. The second-order valence-electron chi connectivity index (χ2n) is 3.83. The molecule has 0 radical (unpaired) electrons. The van der Waals surface area contributed by atoms with Gasteiger partial charge in [0, 0.05) is 11.9 Å². The number of benzene rings is 1. The first-order chi connectivity index (χ1) is 10.5. The Labute approximate surface area is 129 Å². The lowest BCUT2D eigenvalue weighted by Gasteiger charge is -2.08. The number of carboxylic acid groups (broad SMARTS) is 1. The van der Waals surface area contributed by atoms with Gasteiger partial charge in [-0.1, -0.05) is 27.7 Å². The van der Waals surface area contributed by atoms with Gasteiger partial charge in [-0.15, -0.1) is 0 Å². The van der Waals surface area contributed by atoms with Crippen LogP contribution in [0.4, 0.5) is 4.39 Å². The van der Waals surface area contributed by atoms with Crippen molar-refractivity contribution in [1.82, 2.24) is 4.57 Å². The third-order valence-corrected chi connectivity index (χ3v) is 2.62. The summed E-state index contributed by atoms with van der Waals surface area (Å²) in [5, 5.41) is 8.99. The largest absolute Gasteiger partial charge is 0.477 e. The van der Waals surface area contributed by atoms with Gasteiger partial charge in [-0.2, -0.15) is 0 Å². The number of hydrogen-bond acceptors (Lipinski definition) is 2. The summed E-state index contributed by atoms with van der Waals surface area (Å²) in [6.07, 6.45) is 1.47. The van der Waals surface area contributed by atoms with E-state index < -0.39 is 17.3 Å². The summed E-state index contributed by atoms with van der Waals surface area (Å²) in [6, 6.07) is 6.79. The molecular weight excluding hydrogens is 285 g/mol. The summed E-state index contributed by atoms with van der Waals surface area (Å²) in [7, 11) is 0. The smallest absolute Gasteiger partial charge is 0.341 e. The van der Waals surface area contributed by atoms with E-state index in [-0.39, 0.29) is 5.56 Å². The van der Waals surface area contributed by atoms with Crippen molar-refractivity contribution in [2.24, 2.45) is 0 Å². The molecule has 2 aromatic rings. The molecule has 2 rings (SSSR count). The van der Waals surface area contributed by atoms with E-state index in [4.69, 9.17) is 5.11 Å². The first-order valence-corrected chi connectivity index (χ1v) is 7.22. The van der Waals surface area contributed by atoms with Crippen LogP contribution >= 0.6 is 0 Å². The predicted molar refractivity (Wildman–Crippen MR) is 86.4 cm³/mol. The number of aryl methyl sites for hydroxylation is 1. The maximum atomic E-state index is 12.8. The first kappa shape index (κ1) is 19.6. The Kier molecular flexibility index (Phi) is 8.45. The Bertz CT molecular complexity index is 661. The summed E-state index contributed by atoms with van der Waals surface area (Å²) in [5.41, 5.74) is -0.0919. The van der Waals surface area contributed by atoms with Crippen molar-refractivity contribution in [2.75, 3.05) is 0 Å². The fourth-order valence-corrected chi connectivity index (χ4v) is 1.69. The lowest BCUT2D eigenvalue weighted by molar-refractivity contribution is 0.0693. The van der Waals surface area contributed by atoms with Crippen LogP contribution in [0.5, 0.6) is 0 Å². The third-order valence-electron chi connectivity index (χ3n) is 2.62. The minimum atomic E-state index is -1.27. The highest BCUT2D eigenvalue weighted by Gasteiger charge is 2.14. The number of rotatable bonds is 2. The van der Waals surface area contributed by atoms with Crippen LogP contribution in [0, 0.1) is 12.7 Å². The number of halogens is 1. The summed E-state index contributed by atoms with van der Waals surface area (Å²) < 4.78 is 14.0. The molecule has 0 unspecified atom stereocenters. The average molecular weight is 307 g/mol. The molecule has 1 heterocycles. The fraction of sp³-hybridized carbons (Fsp3) is 0.294. The van der Waals surface area contributed by atoms with Gasteiger partial charge in [0.1, 0.15) is 11.4 Å². The molecule has 5 heteroatoms. The maximum Gasteiger partial charge on any atom is 0.341 e. The molecule has 0 saturated carbocycles. The zero-order valence-electron chi connectivity index (χ0n) is 13.6. The topological polar surface area (TPSA) is 59.3 Å². The minimum absolute atomic E-state index is 0.276. The fourth-order valence-electron chi connectivity index (χ4n) is 1.69. The summed E-state index contributed by atoms with van der Waals surface area (Å²) in [5.74, 6) is -1.69.